The van der Waals surface area contributed by atoms with Crippen molar-refractivity contribution in [2.24, 2.45) is 0 Å². The van der Waals surface area contributed by atoms with Crippen LogP contribution < -0.4 is 10.2 Å². The first-order valence-electron chi connectivity index (χ1n) is 9.56. The highest BCUT2D eigenvalue weighted by Gasteiger charge is 2.43. The van der Waals surface area contributed by atoms with Crippen LogP contribution in [-0.4, -0.2) is 83.0 Å². The number of amides is 1. The molecule has 0 spiro atoms. The molecule has 2 aliphatic heterocycles. The number of rotatable bonds is 6. The van der Waals surface area contributed by atoms with Crippen molar-refractivity contribution < 1.29 is 34.7 Å². The zero-order chi connectivity index (χ0) is 20.1. The van der Waals surface area contributed by atoms with E-state index in [-0.39, 0.29) is 25.0 Å². The van der Waals surface area contributed by atoms with Gasteiger partial charge in [0.25, 0.3) is 0 Å². The average Bonchev–Trinajstić information content (AvgIpc) is 2.72. The molecular weight excluding hydrogens is 368 g/mol. The predicted molar refractivity (Wildman–Crippen MR) is 99.3 cm³/mol. The number of carbonyl (C=O) groups excluding carboxylic acids is 1. The number of para-hydroxylation sites is 1. The lowest BCUT2D eigenvalue weighted by Gasteiger charge is -2.38. The normalized spacial score (nSPS) is 31.5. The van der Waals surface area contributed by atoms with E-state index in [9.17, 15) is 25.2 Å². The summed E-state index contributed by atoms with van der Waals surface area (Å²) in [6, 6.07) is 9.53. The number of nitrogens with one attached hydrogen (secondary N) is 1. The van der Waals surface area contributed by atoms with Gasteiger partial charge in [0.05, 0.1) is 13.0 Å². The molecule has 5 atom stereocenters. The maximum absolute atomic E-state index is 12.9. The third-order valence-electron chi connectivity index (χ3n) is 5.12. The summed E-state index contributed by atoms with van der Waals surface area (Å²) in [6.07, 6.45) is -6.00. The van der Waals surface area contributed by atoms with Crippen LogP contribution in [0.3, 0.4) is 0 Å². The highest BCUT2D eigenvalue weighted by Crippen LogP contribution is 2.24. The molecule has 5 N–H and O–H groups in total. The number of benzene rings is 1. The lowest BCUT2D eigenvalue weighted by molar-refractivity contribution is -0.339. The van der Waals surface area contributed by atoms with Crippen molar-refractivity contribution >= 4 is 11.6 Å². The van der Waals surface area contributed by atoms with Crippen LogP contribution in [-0.2, 0) is 14.3 Å². The quantitative estimate of drug-likeness (QED) is 0.411. The van der Waals surface area contributed by atoms with Gasteiger partial charge in [0.2, 0.25) is 5.91 Å². The fourth-order valence-electron chi connectivity index (χ4n) is 3.56. The van der Waals surface area contributed by atoms with Gasteiger partial charge in [-0.1, -0.05) is 18.2 Å². The van der Waals surface area contributed by atoms with Crippen molar-refractivity contribution in [3.05, 3.63) is 30.3 Å². The summed E-state index contributed by atoms with van der Waals surface area (Å²) in [5, 5.41) is 41.9. The molecule has 0 radical (unpaired) electrons. The van der Waals surface area contributed by atoms with Gasteiger partial charge in [0.1, 0.15) is 18.3 Å². The molecule has 2 saturated heterocycles. The lowest BCUT2D eigenvalue weighted by Crippen LogP contribution is -2.58. The molecule has 1 amide bonds. The Morgan fingerprint density at radius 1 is 1.07 bits per heavy atom. The number of hydrogen-bond donors (Lipinski definition) is 5. The van der Waals surface area contributed by atoms with Crippen LogP contribution in [0.5, 0.6) is 0 Å². The van der Waals surface area contributed by atoms with E-state index >= 15 is 0 Å². The highest BCUT2D eigenvalue weighted by atomic mass is 16.7. The van der Waals surface area contributed by atoms with Crippen LogP contribution in [0.4, 0.5) is 5.69 Å². The zero-order valence-corrected chi connectivity index (χ0v) is 15.6. The molecular formula is C19H28N2O7. The van der Waals surface area contributed by atoms with Crippen LogP contribution >= 0.6 is 0 Å². The van der Waals surface area contributed by atoms with Crippen LogP contribution in [0.2, 0.25) is 0 Å². The first-order chi connectivity index (χ1) is 13.5. The number of hydrogen-bond acceptors (Lipinski definition) is 8. The summed E-state index contributed by atoms with van der Waals surface area (Å²) in [7, 11) is 0. The molecule has 28 heavy (non-hydrogen) atoms. The van der Waals surface area contributed by atoms with E-state index in [1.807, 2.05) is 30.3 Å². The third-order valence-corrected chi connectivity index (χ3v) is 5.12. The van der Waals surface area contributed by atoms with Gasteiger partial charge in [-0.2, -0.15) is 0 Å². The molecule has 0 bridgehead atoms. The van der Waals surface area contributed by atoms with Gasteiger partial charge in [0.15, 0.2) is 12.6 Å². The van der Waals surface area contributed by atoms with E-state index in [1.165, 1.54) is 0 Å². The van der Waals surface area contributed by atoms with E-state index < -0.39 is 30.9 Å². The molecule has 9 heteroatoms. The Labute approximate surface area is 163 Å². The Morgan fingerprint density at radius 3 is 2.43 bits per heavy atom. The average molecular weight is 396 g/mol. The largest absolute Gasteiger partial charge is 0.387 e. The molecule has 2 fully saturated rings. The van der Waals surface area contributed by atoms with Gasteiger partial charge in [-0.05, 0) is 38.1 Å². The summed E-state index contributed by atoms with van der Waals surface area (Å²) in [4.78, 5) is 14.7. The minimum atomic E-state index is -1.67. The van der Waals surface area contributed by atoms with Crippen molar-refractivity contribution in [2.75, 3.05) is 24.6 Å². The molecule has 2 aliphatic rings. The van der Waals surface area contributed by atoms with Gasteiger partial charge >= 0.3 is 0 Å². The summed E-state index contributed by atoms with van der Waals surface area (Å²) >= 11 is 0. The van der Waals surface area contributed by atoms with Crippen LogP contribution in [0.15, 0.2) is 30.3 Å². The number of ether oxygens (including phenoxy) is 2. The molecule has 1 aromatic carbocycles. The van der Waals surface area contributed by atoms with Crippen LogP contribution in [0, 0.1) is 0 Å². The van der Waals surface area contributed by atoms with Crippen LogP contribution in [0.25, 0.3) is 0 Å². The van der Waals surface area contributed by atoms with Crippen molar-refractivity contribution in [3.63, 3.8) is 0 Å². The second-order valence-electron chi connectivity index (χ2n) is 7.07. The topological polar surface area (TPSA) is 132 Å². The molecule has 9 nitrogen and oxygen atoms in total. The van der Waals surface area contributed by atoms with Gasteiger partial charge in [-0.25, -0.2) is 0 Å². The summed E-state index contributed by atoms with van der Waals surface area (Å²) in [5.41, 5.74) is 0.822. The zero-order valence-electron chi connectivity index (χ0n) is 15.6. The second kappa shape index (κ2) is 9.75. The molecule has 0 saturated carbocycles. The van der Waals surface area contributed by atoms with Gasteiger partial charge in [0, 0.05) is 11.7 Å². The number of piperidine rings is 1. The fraction of sp³-hybridized carbons (Fsp3) is 0.632. The number of carbonyl (C=O) groups is 1. The highest BCUT2D eigenvalue weighted by molar-refractivity contribution is 5.94. The summed E-state index contributed by atoms with van der Waals surface area (Å²) in [5.74, 6) is -0.121. The Hall–Kier alpha value is -1.59. The molecule has 3 rings (SSSR count). The first-order valence-corrected chi connectivity index (χ1v) is 9.56. The molecule has 0 aliphatic carbocycles. The Bertz CT molecular complexity index is 626. The van der Waals surface area contributed by atoms with Gasteiger partial charge < -0.3 is 40.1 Å². The number of nitrogens with zero attached hydrogens (tertiary/aromatic N) is 1. The van der Waals surface area contributed by atoms with E-state index in [2.05, 4.69) is 5.32 Å². The predicted octanol–water partition coefficient (Wildman–Crippen LogP) is -1.06. The van der Waals surface area contributed by atoms with E-state index in [0.717, 1.165) is 31.6 Å². The Balaban J connectivity index is 1.59. The maximum atomic E-state index is 12.9. The van der Waals surface area contributed by atoms with E-state index in [0.29, 0.717) is 0 Å². The molecule has 2 heterocycles. The molecule has 1 aromatic rings. The summed E-state index contributed by atoms with van der Waals surface area (Å²) in [6.45, 7) is 1.63. The van der Waals surface area contributed by atoms with E-state index in [1.54, 1.807) is 4.90 Å². The monoisotopic (exact) mass is 396 g/mol. The number of anilines is 1. The van der Waals surface area contributed by atoms with Crippen molar-refractivity contribution in [3.8, 4) is 0 Å². The number of aliphatic hydroxyl groups excluding tert-OH is 4. The maximum Gasteiger partial charge on any atom is 0.229 e. The molecule has 0 aromatic heterocycles. The second-order valence-corrected chi connectivity index (χ2v) is 7.07. The van der Waals surface area contributed by atoms with Crippen molar-refractivity contribution in [1.82, 2.24) is 5.32 Å². The smallest absolute Gasteiger partial charge is 0.229 e. The van der Waals surface area contributed by atoms with Gasteiger partial charge in [-0.3, -0.25) is 4.79 Å². The Kier molecular flexibility index (Phi) is 7.36. The Morgan fingerprint density at radius 2 is 1.75 bits per heavy atom. The fourth-order valence-corrected chi connectivity index (χ4v) is 3.56. The standard InChI is InChI=1S/C19H28N2O7/c22-14(8-11-27-19-17(25)15(23)16(24)18(26)28-19)21(12-4-2-1-3-5-12)13-6-9-20-10-7-13/h1-5,13,15-20,23-26H,6-11H2/t15-,16-,17-,18+,19+/m0/s1. The molecule has 0 unspecified atom stereocenters. The van der Waals surface area contributed by atoms with Gasteiger partial charge in [-0.15, -0.1) is 0 Å². The summed E-state index contributed by atoms with van der Waals surface area (Å²) < 4.78 is 10.3. The van der Waals surface area contributed by atoms with Crippen LogP contribution in [0.1, 0.15) is 19.3 Å². The molecule has 156 valence electrons. The number of aliphatic hydroxyl groups is 4. The minimum Gasteiger partial charge on any atom is -0.387 e. The van der Waals surface area contributed by atoms with Crippen molar-refractivity contribution in [1.29, 1.82) is 0 Å². The SMILES string of the molecule is O=C(CCO[C@@H]1O[C@@H](O)[C@@H](O)[C@H](O)[C@@H]1O)N(c1ccccc1)C1CCNCC1. The van der Waals surface area contributed by atoms with E-state index in [4.69, 9.17) is 9.47 Å². The minimum absolute atomic E-state index is 0.0418. The first kappa shape index (κ1) is 21.1. The third kappa shape index (κ3) is 4.87. The lowest BCUT2D eigenvalue weighted by atomic mass is 10.0. The van der Waals surface area contributed by atoms with Crippen molar-refractivity contribution in [2.45, 2.75) is 56.2 Å².